The molecule has 192 valence electrons. The summed E-state index contributed by atoms with van der Waals surface area (Å²) < 4.78 is 6.84. The SMILES string of the molecule is CC(C)(C)OC(=O)NCCC(=O)Nc1cccc2nn3c(C4CCN(C(=O)O)CC4)cc(=O)[nH]c3c12. The summed E-state index contributed by atoms with van der Waals surface area (Å²) >= 11 is 0. The number of benzene rings is 1. The predicted octanol–water partition coefficient (Wildman–Crippen LogP) is 2.89. The quantitative estimate of drug-likeness (QED) is 0.421. The summed E-state index contributed by atoms with van der Waals surface area (Å²) in [7, 11) is 0. The van der Waals surface area contributed by atoms with Crippen molar-refractivity contribution in [2.24, 2.45) is 0 Å². The van der Waals surface area contributed by atoms with Gasteiger partial charge < -0.3 is 30.4 Å². The van der Waals surface area contributed by atoms with Gasteiger partial charge in [-0.2, -0.15) is 5.10 Å². The summed E-state index contributed by atoms with van der Waals surface area (Å²) in [6.45, 7) is 6.13. The average Bonchev–Trinajstić information content (AvgIpc) is 3.16. The van der Waals surface area contributed by atoms with Gasteiger partial charge in [-0.15, -0.1) is 0 Å². The van der Waals surface area contributed by atoms with Crippen LogP contribution in [0.2, 0.25) is 0 Å². The van der Waals surface area contributed by atoms with Crippen LogP contribution in [0, 0.1) is 0 Å². The van der Waals surface area contributed by atoms with E-state index in [0.29, 0.717) is 53.9 Å². The molecule has 2 aromatic heterocycles. The van der Waals surface area contributed by atoms with Crippen LogP contribution in [0.5, 0.6) is 0 Å². The molecular weight excluding hydrogens is 468 g/mol. The number of fused-ring (bicyclic) bond motifs is 3. The molecule has 3 heterocycles. The molecule has 12 nitrogen and oxygen atoms in total. The Bertz CT molecular complexity index is 1360. The van der Waals surface area contributed by atoms with Crippen molar-refractivity contribution in [3.8, 4) is 0 Å². The van der Waals surface area contributed by atoms with Crippen LogP contribution < -0.4 is 16.2 Å². The molecule has 1 aliphatic rings. The number of carbonyl (C=O) groups is 3. The van der Waals surface area contributed by atoms with E-state index in [1.807, 2.05) is 0 Å². The van der Waals surface area contributed by atoms with Crippen LogP contribution in [0.15, 0.2) is 29.1 Å². The fraction of sp³-hybridized carbons (Fsp3) is 0.458. The number of nitrogens with one attached hydrogen (secondary N) is 3. The van der Waals surface area contributed by atoms with E-state index in [4.69, 9.17) is 4.74 Å². The second-order valence-electron chi connectivity index (χ2n) is 9.79. The first kappa shape index (κ1) is 25.0. The Morgan fingerprint density at radius 3 is 2.61 bits per heavy atom. The van der Waals surface area contributed by atoms with Gasteiger partial charge in [-0.1, -0.05) is 6.07 Å². The first-order valence-electron chi connectivity index (χ1n) is 11.8. The van der Waals surface area contributed by atoms with E-state index in [2.05, 4.69) is 20.7 Å². The molecular formula is C24H30N6O6. The summed E-state index contributed by atoms with van der Waals surface area (Å²) in [5.74, 6) is -0.353. The summed E-state index contributed by atoms with van der Waals surface area (Å²) in [5.41, 5.74) is 1.30. The molecule has 1 saturated heterocycles. The molecule has 0 spiro atoms. The molecule has 12 heteroatoms. The topological polar surface area (TPSA) is 158 Å². The Morgan fingerprint density at radius 1 is 1.22 bits per heavy atom. The molecule has 0 aliphatic carbocycles. The van der Waals surface area contributed by atoms with Crippen molar-refractivity contribution in [2.45, 2.75) is 51.6 Å². The zero-order chi connectivity index (χ0) is 26.0. The molecule has 4 rings (SSSR count). The van der Waals surface area contributed by atoms with Crippen molar-refractivity contribution >= 4 is 40.3 Å². The number of likely N-dealkylation sites (tertiary alicyclic amines) is 1. The number of aromatic nitrogens is 3. The fourth-order valence-corrected chi connectivity index (χ4v) is 4.35. The number of carbonyl (C=O) groups excluding carboxylic acids is 2. The van der Waals surface area contributed by atoms with Gasteiger partial charge in [0.15, 0.2) is 0 Å². The summed E-state index contributed by atoms with van der Waals surface area (Å²) in [4.78, 5) is 52.4. The summed E-state index contributed by atoms with van der Waals surface area (Å²) in [6.07, 6.45) is -0.362. The smallest absolute Gasteiger partial charge is 0.407 e. The van der Waals surface area contributed by atoms with Gasteiger partial charge >= 0.3 is 12.2 Å². The molecule has 0 bridgehead atoms. The highest BCUT2D eigenvalue weighted by atomic mass is 16.6. The van der Waals surface area contributed by atoms with Crippen molar-refractivity contribution in [3.05, 3.63) is 40.3 Å². The first-order valence-corrected chi connectivity index (χ1v) is 11.8. The molecule has 4 N–H and O–H groups in total. The number of amides is 3. The van der Waals surface area contributed by atoms with Crippen LogP contribution >= 0.6 is 0 Å². The minimum atomic E-state index is -0.948. The van der Waals surface area contributed by atoms with Gasteiger partial charge in [0.25, 0.3) is 5.56 Å². The average molecular weight is 499 g/mol. The van der Waals surface area contributed by atoms with Crippen LogP contribution in [0.4, 0.5) is 15.3 Å². The number of H-pyrrole nitrogens is 1. The number of hydrogen-bond acceptors (Lipinski definition) is 6. The largest absolute Gasteiger partial charge is 0.465 e. The Morgan fingerprint density at radius 2 is 1.94 bits per heavy atom. The summed E-state index contributed by atoms with van der Waals surface area (Å²) in [6, 6.07) is 6.77. The van der Waals surface area contributed by atoms with Gasteiger partial charge in [-0.3, -0.25) is 9.59 Å². The normalized spacial score (nSPS) is 14.7. The number of nitrogens with zero attached hydrogens (tertiary/aromatic N) is 3. The van der Waals surface area contributed by atoms with E-state index >= 15 is 0 Å². The third-order valence-electron chi connectivity index (χ3n) is 5.94. The van der Waals surface area contributed by atoms with Crippen molar-refractivity contribution < 1.29 is 24.2 Å². The van der Waals surface area contributed by atoms with E-state index in [9.17, 15) is 24.3 Å². The maximum atomic E-state index is 12.6. The number of ether oxygens (including phenoxy) is 1. The van der Waals surface area contributed by atoms with E-state index in [0.717, 1.165) is 0 Å². The molecule has 1 aromatic carbocycles. The van der Waals surface area contributed by atoms with Crippen LogP contribution in [0.1, 0.15) is 51.6 Å². The maximum Gasteiger partial charge on any atom is 0.407 e. The predicted molar refractivity (Wildman–Crippen MR) is 132 cm³/mol. The Kier molecular flexibility index (Phi) is 6.86. The van der Waals surface area contributed by atoms with Crippen molar-refractivity contribution in [3.63, 3.8) is 0 Å². The molecule has 0 saturated carbocycles. The lowest BCUT2D eigenvalue weighted by Crippen LogP contribution is -2.37. The van der Waals surface area contributed by atoms with Crippen LogP contribution in [-0.2, 0) is 9.53 Å². The number of rotatable bonds is 5. The number of piperidine rings is 1. The number of carboxylic acid groups (broad SMARTS) is 1. The van der Waals surface area contributed by atoms with Crippen LogP contribution in [0.3, 0.4) is 0 Å². The number of aromatic amines is 1. The number of alkyl carbamates (subject to hydrolysis) is 1. The van der Waals surface area contributed by atoms with Crippen LogP contribution in [0.25, 0.3) is 16.6 Å². The van der Waals surface area contributed by atoms with E-state index < -0.39 is 17.8 Å². The van der Waals surface area contributed by atoms with E-state index in [-0.39, 0.29) is 30.3 Å². The molecule has 0 unspecified atom stereocenters. The standard InChI is InChI=1S/C24H30N6O6/c1-24(2,3)36-22(33)25-10-7-18(31)26-15-5-4-6-16-20(15)21-27-19(32)13-17(30(21)28-16)14-8-11-29(12-9-14)23(34)35/h4-6,13-14H,7-12H2,1-3H3,(H,25,33)(H,26,31)(H,27,32)(H,34,35). The Balaban J connectivity index is 1.55. The lowest BCUT2D eigenvalue weighted by atomic mass is 9.93. The maximum absolute atomic E-state index is 12.6. The van der Waals surface area contributed by atoms with Gasteiger partial charge in [-0.25, -0.2) is 14.1 Å². The second-order valence-corrected chi connectivity index (χ2v) is 9.79. The highest BCUT2D eigenvalue weighted by molar-refractivity contribution is 6.07. The lowest BCUT2D eigenvalue weighted by molar-refractivity contribution is -0.116. The van der Waals surface area contributed by atoms with E-state index in [1.165, 1.54) is 11.0 Å². The highest BCUT2D eigenvalue weighted by Crippen LogP contribution is 2.31. The molecule has 3 aromatic rings. The minimum absolute atomic E-state index is 0.0266. The monoisotopic (exact) mass is 498 g/mol. The van der Waals surface area contributed by atoms with Gasteiger partial charge in [-0.05, 0) is 45.7 Å². The fourth-order valence-electron chi connectivity index (χ4n) is 4.35. The van der Waals surface area contributed by atoms with Crippen molar-refractivity contribution in [1.29, 1.82) is 0 Å². The molecule has 3 amide bonds. The zero-order valence-electron chi connectivity index (χ0n) is 20.5. The molecule has 1 fully saturated rings. The lowest BCUT2D eigenvalue weighted by Gasteiger charge is -2.30. The van der Waals surface area contributed by atoms with Gasteiger partial charge in [0.2, 0.25) is 5.91 Å². The number of anilines is 1. The Labute approximate surface area is 206 Å². The van der Waals surface area contributed by atoms with E-state index in [1.54, 1.807) is 43.5 Å². The Hall–Kier alpha value is -4.09. The second kappa shape index (κ2) is 9.88. The van der Waals surface area contributed by atoms with Crippen molar-refractivity contribution in [2.75, 3.05) is 25.0 Å². The van der Waals surface area contributed by atoms with Gasteiger partial charge in [0.05, 0.1) is 22.3 Å². The van der Waals surface area contributed by atoms with Gasteiger partial charge in [0, 0.05) is 38.0 Å². The highest BCUT2D eigenvalue weighted by Gasteiger charge is 2.26. The van der Waals surface area contributed by atoms with Gasteiger partial charge in [0.1, 0.15) is 11.2 Å². The summed E-state index contributed by atoms with van der Waals surface area (Å²) in [5, 5.41) is 19.9. The molecule has 0 radical (unpaired) electrons. The third kappa shape index (κ3) is 5.58. The third-order valence-corrected chi connectivity index (χ3v) is 5.94. The molecule has 1 aliphatic heterocycles. The number of hydrogen-bond donors (Lipinski definition) is 4. The molecule has 0 atom stereocenters. The van der Waals surface area contributed by atoms with Crippen molar-refractivity contribution in [1.82, 2.24) is 24.8 Å². The first-order chi connectivity index (χ1) is 17.0. The molecule has 36 heavy (non-hydrogen) atoms. The minimum Gasteiger partial charge on any atom is -0.465 e. The zero-order valence-corrected chi connectivity index (χ0v) is 20.5. The van der Waals surface area contributed by atoms with Crippen LogP contribution in [-0.4, -0.2) is 67.9 Å².